The number of hydrogen-bond donors (Lipinski definition) is 0. The molecule has 0 aromatic rings. The van der Waals surface area contributed by atoms with Crippen molar-refractivity contribution >= 4 is 14.0 Å². The van der Waals surface area contributed by atoms with Gasteiger partial charge in [0, 0.05) is 5.57 Å². The summed E-state index contributed by atoms with van der Waals surface area (Å²) in [4.78, 5) is 11.3. The molecule has 0 radical (unpaired) electrons. The van der Waals surface area contributed by atoms with E-state index in [9.17, 15) is 4.79 Å². The standard InChI is InChI=1S/C22H38O2Si/c1-18(2)15-25(16-19(3)4,17-20(5)6)14-12-10-9-11-13-24-22(23)21(7)8/h1,3,5,7,9-17H2,2,4,6,8H3. The maximum absolute atomic E-state index is 11.3. The Morgan fingerprint density at radius 3 is 1.60 bits per heavy atom. The monoisotopic (exact) mass is 362 g/mol. The molecular weight excluding hydrogens is 324 g/mol. The molecule has 2 nitrogen and oxygen atoms in total. The van der Waals surface area contributed by atoms with E-state index in [4.69, 9.17) is 4.74 Å². The van der Waals surface area contributed by atoms with Crippen molar-refractivity contribution in [2.24, 2.45) is 0 Å². The molecule has 0 atom stereocenters. The highest BCUT2D eigenvalue weighted by atomic mass is 28.3. The van der Waals surface area contributed by atoms with Crippen molar-refractivity contribution < 1.29 is 9.53 Å². The van der Waals surface area contributed by atoms with Crippen LogP contribution in [0.3, 0.4) is 0 Å². The summed E-state index contributed by atoms with van der Waals surface area (Å²) in [6, 6.07) is 4.81. The Morgan fingerprint density at radius 2 is 1.20 bits per heavy atom. The number of ether oxygens (including phenoxy) is 1. The van der Waals surface area contributed by atoms with Crippen molar-refractivity contribution in [3.05, 3.63) is 48.6 Å². The van der Waals surface area contributed by atoms with Crippen LogP contribution in [0.2, 0.25) is 24.2 Å². The minimum absolute atomic E-state index is 0.282. The fourth-order valence-electron chi connectivity index (χ4n) is 3.62. The number of allylic oxidation sites excluding steroid dienone is 3. The van der Waals surface area contributed by atoms with E-state index >= 15 is 0 Å². The fourth-order valence-corrected chi connectivity index (χ4v) is 9.36. The first-order chi connectivity index (χ1) is 11.6. The van der Waals surface area contributed by atoms with Gasteiger partial charge in [-0.2, -0.15) is 0 Å². The summed E-state index contributed by atoms with van der Waals surface area (Å²) in [5.41, 5.74) is 4.35. The number of hydrogen-bond acceptors (Lipinski definition) is 2. The van der Waals surface area contributed by atoms with Crippen molar-refractivity contribution in [3.8, 4) is 0 Å². The van der Waals surface area contributed by atoms with Crippen molar-refractivity contribution in [3.63, 3.8) is 0 Å². The fraction of sp³-hybridized carbons (Fsp3) is 0.591. The topological polar surface area (TPSA) is 26.3 Å². The van der Waals surface area contributed by atoms with E-state index in [0.717, 1.165) is 12.8 Å². The summed E-state index contributed by atoms with van der Waals surface area (Å²) < 4.78 is 5.14. The van der Waals surface area contributed by atoms with Gasteiger partial charge in [-0.15, -0.1) is 19.7 Å². The molecule has 0 aromatic heterocycles. The van der Waals surface area contributed by atoms with Crippen LogP contribution in [0.15, 0.2) is 48.6 Å². The first kappa shape index (κ1) is 23.6. The molecule has 25 heavy (non-hydrogen) atoms. The van der Waals surface area contributed by atoms with Gasteiger partial charge in [0.1, 0.15) is 0 Å². The zero-order chi connectivity index (χ0) is 19.5. The highest BCUT2D eigenvalue weighted by Gasteiger charge is 2.32. The minimum atomic E-state index is -1.48. The summed E-state index contributed by atoms with van der Waals surface area (Å²) in [7, 11) is -1.48. The van der Waals surface area contributed by atoms with Gasteiger partial charge >= 0.3 is 5.97 Å². The average Bonchev–Trinajstić information content (AvgIpc) is 2.43. The van der Waals surface area contributed by atoms with Crippen molar-refractivity contribution in [2.45, 2.75) is 77.6 Å². The molecule has 3 heteroatoms. The predicted octanol–water partition coefficient (Wildman–Crippen LogP) is 6.84. The van der Waals surface area contributed by atoms with Gasteiger partial charge in [0.25, 0.3) is 0 Å². The molecule has 0 aliphatic heterocycles. The van der Waals surface area contributed by atoms with Gasteiger partial charge in [-0.1, -0.05) is 48.6 Å². The number of unbranched alkanes of at least 4 members (excludes halogenated alkanes) is 3. The average molecular weight is 363 g/mol. The molecule has 0 rings (SSSR count). The SMILES string of the molecule is C=C(C)C[Si](CCCCCCOC(=O)C(=C)C)(CC(=C)C)CC(=C)C. The Balaban J connectivity index is 4.43. The Bertz CT molecular complexity index is 461. The maximum atomic E-state index is 11.3. The third-order valence-electron chi connectivity index (χ3n) is 4.21. The Labute approximate surface area is 156 Å². The molecule has 0 aromatic carbocycles. The second kappa shape index (κ2) is 12.1. The predicted molar refractivity (Wildman–Crippen MR) is 114 cm³/mol. The number of esters is 1. The molecule has 142 valence electrons. The lowest BCUT2D eigenvalue weighted by Crippen LogP contribution is -2.34. The molecule has 0 unspecified atom stereocenters. The van der Waals surface area contributed by atoms with Crippen molar-refractivity contribution in [1.82, 2.24) is 0 Å². The summed E-state index contributed by atoms with van der Waals surface area (Å²) in [5, 5.41) is 0. The van der Waals surface area contributed by atoms with Gasteiger partial charge in [-0.05, 0) is 52.2 Å². The van der Waals surface area contributed by atoms with E-state index in [1.165, 1.54) is 53.7 Å². The molecule has 0 bridgehead atoms. The Morgan fingerprint density at radius 1 is 0.760 bits per heavy atom. The maximum Gasteiger partial charge on any atom is 0.333 e. The van der Waals surface area contributed by atoms with Crippen molar-refractivity contribution in [1.29, 1.82) is 0 Å². The van der Waals surface area contributed by atoms with Crippen LogP contribution in [-0.4, -0.2) is 20.7 Å². The van der Waals surface area contributed by atoms with Crippen LogP contribution in [0, 0.1) is 0 Å². The van der Waals surface area contributed by atoms with Gasteiger partial charge in [0.15, 0.2) is 0 Å². The Kier molecular flexibility index (Phi) is 11.4. The van der Waals surface area contributed by atoms with Gasteiger partial charge < -0.3 is 4.74 Å². The van der Waals surface area contributed by atoms with Crippen LogP contribution in [-0.2, 0) is 9.53 Å². The number of rotatable bonds is 14. The molecule has 0 spiro atoms. The van der Waals surface area contributed by atoms with Gasteiger partial charge in [0.05, 0.1) is 14.7 Å². The van der Waals surface area contributed by atoms with Gasteiger partial charge in [-0.3, -0.25) is 0 Å². The summed E-state index contributed by atoms with van der Waals surface area (Å²) in [5.74, 6) is -0.282. The quantitative estimate of drug-likeness (QED) is 0.111. The third kappa shape index (κ3) is 11.8. The minimum Gasteiger partial charge on any atom is -0.462 e. The molecule has 0 amide bonds. The Hall–Kier alpha value is -1.35. The lowest BCUT2D eigenvalue weighted by Gasteiger charge is -2.33. The van der Waals surface area contributed by atoms with Crippen LogP contribution >= 0.6 is 0 Å². The molecule has 0 aliphatic rings. The smallest absolute Gasteiger partial charge is 0.333 e. The van der Waals surface area contributed by atoms with E-state index in [1.807, 2.05) is 0 Å². The first-order valence-electron chi connectivity index (χ1n) is 9.34. The zero-order valence-corrected chi connectivity index (χ0v) is 18.0. The van der Waals surface area contributed by atoms with E-state index in [0.29, 0.717) is 12.2 Å². The van der Waals surface area contributed by atoms with E-state index in [1.54, 1.807) is 6.92 Å². The molecule has 0 saturated heterocycles. The second-order valence-electron chi connectivity index (χ2n) is 7.98. The number of carbonyl (C=O) groups is 1. The second-order valence-corrected chi connectivity index (χ2v) is 12.5. The van der Waals surface area contributed by atoms with Crippen LogP contribution in [0.5, 0.6) is 0 Å². The van der Waals surface area contributed by atoms with Crippen LogP contribution < -0.4 is 0 Å². The third-order valence-corrected chi connectivity index (χ3v) is 9.69. The number of carbonyl (C=O) groups excluding carboxylic acids is 1. The normalized spacial score (nSPS) is 11.0. The van der Waals surface area contributed by atoms with Crippen LogP contribution in [0.25, 0.3) is 0 Å². The lowest BCUT2D eigenvalue weighted by atomic mass is 10.2. The molecule has 0 N–H and O–H groups in total. The van der Waals surface area contributed by atoms with Gasteiger partial charge in [-0.25, -0.2) is 4.79 Å². The summed E-state index contributed by atoms with van der Waals surface area (Å²) in [6.45, 7) is 24.7. The zero-order valence-electron chi connectivity index (χ0n) is 17.0. The highest BCUT2D eigenvalue weighted by molar-refractivity contribution is 6.81. The van der Waals surface area contributed by atoms with Crippen molar-refractivity contribution in [2.75, 3.05) is 6.61 Å². The highest BCUT2D eigenvalue weighted by Crippen LogP contribution is 2.35. The van der Waals surface area contributed by atoms with E-state index in [-0.39, 0.29) is 5.97 Å². The van der Waals surface area contributed by atoms with E-state index in [2.05, 4.69) is 47.1 Å². The van der Waals surface area contributed by atoms with E-state index < -0.39 is 8.07 Å². The summed E-state index contributed by atoms with van der Waals surface area (Å²) in [6.07, 6.45) is 4.44. The van der Waals surface area contributed by atoms with Crippen LogP contribution in [0.1, 0.15) is 53.4 Å². The first-order valence-corrected chi connectivity index (χ1v) is 12.2. The molecule has 0 aliphatic carbocycles. The van der Waals surface area contributed by atoms with Crippen LogP contribution in [0.4, 0.5) is 0 Å². The largest absolute Gasteiger partial charge is 0.462 e. The lowest BCUT2D eigenvalue weighted by molar-refractivity contribution is -0.139. The van der Waals surface area contributed by atoms with Gasteiger partial charge in [0.2, 0.25) is 0 Å². The molecular formula is C22H38O2Si. The molecule has 0 heterocycles. The molecule has 0 saturated carbocycles. The summed E-state index contributed by atoms with van der Waals surface area (Å²) >= 11 is 0. The molecule has 0 fully saturated rings.